The zero-order valence-electron chi connectivity index (χ0n) is 9.79. The molecule has 1 aliphatic carbocycles. The molecule has 2 heteroatoms. The summed E-state index contributed by atoms with van der Waals surface area (Å²) in [6.07, 6.45) is 7.86. The predicted octanol–water partition coefficient (Wildman–Crippen LogP) is 3.31. The van der Waals surface area contributed by atoms with E-state index in [4.69, 9.17) is 4.74 Å². The Kier molecular flexibility index (Phi) is 2.68. The van der Waals surface area contributed by atoms with Crippen LogP contribution < -0.4 is 4.74 Å². The smallest absolute Gasteiger partial charge is 0.138 e. The van der Waals surface area contributed by atoms with Gasteiger partial charge in [0.1, 0.15) is 5.75 Å². The maximum atomic E-state index is 5.82. The van der Waals surface area contributed by atoms with Gasteiger partial charge in [-0.05, 0) is 36.3 Å². The van der Waals surface area contributed by atoms with Gasteiger partial charge in [0, 0.05) is 6.20 Å². The summed E-state index contributed by atoms with van der Waals surface area (Å²) in [4.78, 5) is 4.24. The van der Waals surface area contributed by atoms with E-state index in [2.05, 4.69) is 31.8 Å². The largest absolute Gasteiger partial charge is 0.489 e. The Balaban J connectivity index is 2.11. The number of aromatic nitrogens is 1. The van der Waals surface area contributed by atoms with Crippen LogP contribution in [0.15, 0.2) is 18.5 Å². The summed E-state index contributed by atoms with van der Waals surface area (Å²) in [7, 11) is 0. The van der Waals surface area contributed by atoms with Crippen LogP contribution in [0.3, 0.4) is 0 Å². The molecule has 1 aromatic rings. The second kappa shape index (κ2) is 3.84. The topological polar surface area (TPSA) is 22.1 Å². The maximum Gasteiger partial charge on any atom is 0.138 e. The minimum atomic E-state index is 0.145. The molecule has 0 spiro atoms. The van der Waals surface area contributed by atoms with Gasteiger partial charge < -0.3 is 4.74 Å². The summed E-state index contributed by atoms with van der Waals surface area (Å²) in [5, 5.41) is 0. The maximum absolute atomic E-state index is 5.82. The molecule has 82 valence electrons. The third kappa shape index (κ3) is 2.49. The molecule has 0 aliphatic heterocycles. The third-order valence-electron chi connectivity index (χ3n) is 2.93. The zero-order chi connectivity index (χ0) is 10.9. The quantitative estimate of drug-likeness (QED) is 0.739. The molecule has 2 nitrogen and oxygen atoms in total. The van der Waals surface area contributed by atoms with Crippen LogP contribution >= 0.6 is 0 Å². The minimum Gasteiger partial charge on any atom is -0.489 e. The molecule has 2 rings (SSSR count). The van der Waals surface area contributed by atoms with Crippen molar-refractivity contribution in [2.75, 3.05) is 0 Å². The minimum absolute atomic E-state index is 0.145. The number of nitrogens with zero attached hydrogens (tertiary/aromatic N) is 1. The molecule has 0 unspecified atom stereocenters. The van der Waals surface area contributed by atoms with Crippen LogP contribution in [0.25, 0.3) is 0 Å². The van der Waals surface area contributed by atoms with Crippen molar-refractivity contribution in [3.05, 3.63) is 24.0 Å². The molecule has 0 aromatic carbocycles. The molecule has 0 radical (unpaired) electrons. The first-order valence-electron chi connectivity index (χ1n) is 5.68. The standard InChI is InChI=1S/C13H19NO/c1-13(2,3)10-7-12(9-14-8-10)15-11-5-4-6-11/h7-9,11H,4-6H2,1-3H3. The van der Waals surface area contributed by atoms with Crippen molar-refractivity contribution in [1.82, 2.24) is 4.98 Å². The SMILES string of the molecule is CC(C)(C)c1cncc(OC2CCC2)c1. The lowest BCUT2D eigenvalue weighted by Gasteiger charge is -2.27. The van der Waals surface area contributed by atoms with Crippen molar-refractivity contribution in [1.29, 1.82) is 0 Å². The summed E-state index contributed by atoms with van der Waals surface area (Å²) in [5.74, 6) is 0.923. The predicted molar refractivity (Wildman–Crippen MR) is 61.2 cm³/mol. The van der Waals surface area contributed by atoms with Crippen LogP contribution in [0.5, 0.6) is 5.75 Å². The van der Waals surface area contributed by atoms with Gasteiger partial charge in [-0.25, -0.2) is 0 Å². The lowest BCUT2D eigenvalue weighted by molar-refractivity contribution is 0.119. The normalized spacial score (nSPS) is 17.3. The van der Waals surface area contributed by atoms with E-state index in [0.717, 1.165) is 5.75 Å². The Labute approximate surface area is 91.7 Å². The van der Waals surface area contributed by atoms with Crippen molar-refractivity contribution < 1.29 is 4.74 Å². The van der Waals surface area contributed by atoms with Crippen LogP contribution in [-0.2, 0) is 5.41 Å². The van der Waals surface area contributed by atoms with Crippen LogP contribution in [-0.4, -0.2) is 11.1 Å². The number of pyridine rings is 1. The average molecular weight is 205 g/mol. The monoisotopic (exact) mass is 205 g/mol. The molecule has 1 fully saturated rings. The number of hydrogen-bond acceptors (Lipinski definition) is 2. The lowest BCUT2D eigenvalue weighted by Crippen LogP contribution is -2.24. The van der Waals surface area contributed by atoms with Crippen molar-refractivity contribution >= 4 is 0 Å². The molecule has 0 amide bonds. The third-order valence-corrected chi connectivity index (χ3v) is 2.93. The lowest BCUT2D eigenvalue weighted by atomic mass is 9.88. The van der Waals surface area contributed by atoms with Crippen LogP contribution in [0.4, 0.5) is 0 Å². The highest BCUT2D eigenvalue weighted by Gasteiger charge is 2.20. The fourth-order valence-corrected chi connectivity index (χ4v) is 1.57. The van der Waals surface area contributed by atoms with E-state index in [1.165, 1.54) is 24.8 Å². The van der Waals surface area contributed by atoms with Crippen LogP contribution in [0.1, 0.15) is 45.6 Å². The first-order chi connectivity index (χ1) is 7.05. The molecular weight excluding hydrogens is 186 g/mol. The zero-order valence-corrected chi connectivity index (χ0v) is 9.79. The summed E-state index contributed by atoms with van der Waals surface area (Å²) < 4.78 is 5.82. The Morgan fingerprint density at radius 2 is 2.00 bits per heavy atom. The van der Waals surface area contributed by atoms with Gasteiger partial charge in [0.25, 0.3) is 0 Å². The number of rotatable bonds is 2. The summed E-state index contributed by atoms with van der Waals surface area (Å²) >= 11 is 0. The molecule has 15 heavy (non-hydrogen) atoms. The van der Waals surface area contributed by atoms with Crippen molar-refractivity contribution in [3.63, 3.8) is 0 Å². The van der Waals surface area contributed by atoms with Gasteiger partial charge in [0.05, 0.1) is 12.3 Å². The molecule has 0 N–H and O–H groups in total. The Morgan fingerprint density at radius 1 is 1.27 bits per heavy atom. The molecule has 1 saturated carbocycles. The van der Waals surface area contributed by atoms with E-state index in [1.54, 1.807) is 0 Å². The fraction of sp³-hybridized carbons (Fsp3) is 0.615. The van der Waals surface area contributed by atoms with E-state index < -0.39 is 0 Å². The molecule has 1 aromatic heterocycles. The van der Waals surface area contributed by atoms with Crippen molar-refractivity contribution in [3.8, 4) is 5.75 Å². The fourth-order valence-electron chi connectivity index (χ4n) is 1.57. The van der Waals surface area contributed by atoms with Crippen LogP contribution in [0.2, 0.25) is 0 Å². The number of ether oxygens (including phenoxy) is 1. The van der Waals surface area contributed by atoms with E-state index in [9.17, 15) is 0 Å². The van der Waals surface area contributed by atoms with Crippen LogP contribution in [0, 0.1) is 0 Å². The van der Waals surface area contributed by atoms with Gasteiger partial charge in [-0.2, -0.15) is 0 Å². The van der Waals surface area contributed by atoms with E-state index in [1.807, 2.05) is 12.4 Å². The van der Waals surface area contributed by atoms with Gasteiger partial charge >= 0.3 is 0 Å². The highest BCUT2D eigenvalue weighted by atomic mass is 16.5. The second-order valence-electron chi connectivity index (χ2n) is 5.33. The Morgan fingerprint density at radius 3 is 2.53 bits per heavy atom. The van der Waals surface area contributed by atoms with E-state index >= 15 is 0 Å². The van der Waals surface area contributed by atoms with E-state index in [-0.39, 0.29) is 5.41 Å². The molecule has 0 bridgehead atoms. The van der Waals surface area contributed by atoms with Gasteiger partial charge in [0.2, 0.25) is 0 Å². The summed E-state index contributed by atoms with van der Waals surface area (Å²) in [5.41, 5.74) is 1.38. The van der Waals surface area contributed by atoms with Crippen molar-refractivity contribution in [2.24, 2.45) is 0 Å². The van der Waals surface area contributed by atoms with Gasteiger partial charge in [0.15, 0.2) is 0 Å². The molecule has 1 aliphatic rings. The van der Waals surface area contributed by atoms with Crippen molar-refractivity contribution in [2.45, 2.75) is 51.6 Å². The highest BCUT2D eigenvalue weighted by molar-refractivity contribution is 5.28. The Hall–Kier alpha value is -1.05. The van der Waals surface area contributed by atoms with Gasteiger partial charge in [-0.3, -0.25) is 4.98 Å². The van der Waals surface area contributed by atoms with Gasteiger partial charge in [-0.1, -0.05) is 20.8 Å². The second-order valence-corrected chi connectivity index (χ2v) is 5.33. The van der Waals surface area contributed by atoms with Gasteiger partial charge in [-0.15, -0.1) is 0 Å². The Bertz CT molecular complexity index is 337. The first-order valence-corrected chi connectivity index (χ1v) is 5.68. The summed E-state index contributed by atoms with van der Waals surface area (Å²) in [6.45, 7) is 6.57. The van der Waals surface area contributed by atoms with E-state index in [0.29, 0.717) is 6.10 Å². The molecule has 0 atom stereocenters. The average Bonchev–Trinajstić information content (AvgIpc) is 2.11. The first kappa shape index (κ1) is 10.5. The highest BCUT2D eigenvalue weighted by Crippen LogP contribution is 2.28. The summed E-state index contributed by atoms with van der Waals surface area (Å²) in [6, 6.07) is 2.12. The molecule has 1 heterocycles. The number of hydrogen-bond donors (Lipinski definition) is 0. The molecule has 0 saturated heterocycles. The molecular formula is C13H19NO.